The number of benzene rings is 2. The van der Waals surface area contributed by atoms with Gasteiger partial charge < -0.3 is 19.8 Å². The SMILES string of the molecule is CN(C)CCOc1ccccc1-c1oc2nc(N)nc(CC3SCCS3)c2c1-c1ccccc1. The van der Waals surface area contributed by atoms with Crippen LogP contribution in [0.5, 0.6) is 5.75 Å². The highest BCUT2D eigenvalue weighted by molar-refractivity contribution is 8.20. The van der Waals surface area contributed by atoms with Gasteiger partial charge in [0.15, 0.2) is 0 Å². The third kappa shape index (κ3) is 4.89. The zero-order valence-electron chi connectivity index (χ0n) is 19.4. The van der Waals surface area contributed by atoms with Gasteiger partial charge >= 0.3 is 0 Å². The molecule has 0 spiro atoms. The van der Waals surface area contributed by atoms with Crippen LogP contribution in [-0.4, -0.2) is 58.2 Å². The van der Waals surface area contributed by atoms with E-state index in [0.29, 0.717) is 16.9 Å². The van der Waals surface area contributed by atoms with Crippen LogP contribution in [0.2, 0.25) is 0 Å². The van der Waals surface area contributed by atoms with Gasteiger partial charge in [-0.1, -0.05) is 42.5 Å². The Bertz CT molecular complexity index is 1270. The van der Waals surface area contributed by atoms with Gasteiger partial charge in [0.2, 0.25) is 11.7 Å². The van der Waals surface area contributed by atoms with Gasteiger partial charge in [-0.25, -0.2) is 4.98 Å². The van der Waals surface area contributed by atoms with E-state index in [9.17, 15) is 0 Å². The standard InChI is InChI=1S/C26H28N4O2S2/c1-30(2)12-13-31-20-11-7-6-10-18(20)24-22(17-8-4-3-5-9-17)23-19(16-21-33-14-15-34-21)28-26(27)29-25(23)32-24/h3-11,21H,12-16H2,1-2H3,(H2,27,28,29). The van der Waals surface area contributed by atoms with Crippen LogP contribution in [0.15, 0.2) is 59.0 Å². The Morgan fingerprint density at radius 1 is 1.03 bits per heavy atom. The van der Waals surface area contributed by atoms with Crippen LogP contribution in [-0.2, 0) is 6.42 Å². The van der Waals surface area contributed by atoms with Gasteiger partial charge in [-0.2, -0.15) is 4.98 Å². The maximum Gasteiger partial charge on any atom is 0.232 e. The predicted molar refractivity (Wildman–Crippen MR) is 144 cm³/mol. The van der Waals surface area contributed by atoms with Gasteiger partial charge in [0, 0.05) is 30.0 Å². The molecule has 3 heterocycles. The largest absolute Gasteiger partial charge is 0.491 e. The number of nitrogens with two attached hydrogens (primary N) is 1. The van der Waals surface area contributed by atoms with Crippen molar-refractivity contribution in [2.24, 2.45) is 0 Å². The van der Waals surface area contributed by atoms with Crippen molar-refractivity contribution in [2.75, 3.05) is 44.5 Å². The first-order chi connectivity index (χ1) is 16.6. The van der Waals surface area contributed by atoms with Gasteiger partial charge in [0.05, 0.1) is 21.2 Å². The fourth-order valence-corrected chi connectivity index (χ4v) is 6.92. The quantitative estimate of drug-likeness (QED) is 0.349. The van der Waals surface area contributed by atoms with Gasteiger partial charge in [0.25, 0.3) is 0 Å². The highest BCUT2D eigenvalue weighted by Crippen LogP contribution is 2.45. The van der Waals surface area contributed by atoms with Gasteiger partial charge in [-0.05, 0) is 31.8 Å². The topological polar surface area (TPSA) is 77.4 Å². The molecule has 2 N–H and O–H groups in total. The molecule has 34 heavy (non-hydrogen) atoms. The molecule has 1 aliphatic rings. The summed E-state index contributed by atoms with van der Waals surface area (Å²) in [5.74, 6) is 4.09. The molecule has 8 heteroatoms. The molecule has 4 aromatic rings. The van der Waals surface area contributed by atoms with E-state index in [1.54, 1.807) is 0 Å². The molecule has 0 atom stereocenters. The Morgan fingerprint density at radius 2 is 1.76 bits per heavy atom. The molecule has 0 aliphatic carbocycles. The molecule has 0 radical (unpaired) electrons. The van der Waals surface area contributed by atoms with Crippen LogP contribution in [0.25, 0.3) is 33.6 Å². The fourth-order valence-electron chi connectivity index (χ4n) is 4.11. The second-order valence-electron chi connectivity index (χ2n) is 8.40. The van der Waals surface area contributed by atoms with Crippen LogP contribution in [0.1, 0.15) is 5.69 Å². The molecule has 6 nitrogen and oxygen atoms in total. The summed E-state index contributed by atoms with van der Waals surface area (Å²) in [7, 11) is 4.07. The summed E-state index contributed by atoms with van der Waals surface area (Å²) in [5.41, 5.74) is 10.5. The van der Waals surface area contributed by atoms with E-state index in [1.165, 1.54) is 11.5 Å². The minimum Gasteiger partial charge on any atom is -0.491 e. The monoisotopic (exact) mass is 492 g/mol. The van der Waals surface area contributed by atoms with E-state index >= 15 is 0 Å². The maximum absolute atomic E-state index is 6.46. The molecule has 1 aliphatic heterocycles. The maximum atomic E-state index is 6.46. The Morgan fingerprint density at radius 3 is 2.53 bits per heavy atom. The molecule has 176 valence electrons. The van der Waals surface area contributed by atoms with Crippen LogP contribution in [0, 0.1) is 0 Å². The first-order valence-corrected chi connectivity index (χ1v) is 13.4. The zero-order valence-corrected chi connectivity index (χ0v) is 21.0. The first kappa shape index (κ1) is 23.1. The summed E-state index contributed by atoms with van der Waals surface area (Å²) in [6, 6.07) is 18.3. The molecule has 2 aromatic heterocycles. The lowest BCUT2D eigenvalue weighted by atomic mass is 9.97. The predicted octanol–water partition coefficient (Wildman–Crippen LogP) is 5.43. The van der Waals surface area contributed by atoms with E-state index in [0.717, 1.165) is 52.2 Å². The van der Waals surface area contributed by atoms with Crippen molar-refractivity contribution in [1.29, 1.82) is 0 Å². The Balaban J connectivity index is 1.69. The molecule has 0 bridgehead atoms. The Hall–Kier alpha value is -2.68. The van der Waals surface area contributed by atoms with Crippen molar-refractivity contribution in [3.8, 4) is 28.2 Å². The first-order valence-electron chi connectivity index (χ1n) is 11.3. The molecule has 0 saturated carbocycles. The average Bonchev–Trinajstić information content (AvgIpc) is 3.47. The van der Waals surface area contributed by atoms with Crippen molar-refractivity contribution >= 4 is 40.6 Å². The molecule has 1 saturated heterocycles. The molecule has 2 aromatic carbocycles. The van der Waals surface area contributed by atoms with Crippen LogP contribution in [0.4, 0.5) is 5.95 Å². The van der Waals surface area contributed by atoms with E-state index in [1.807, 2.05) is 80.1 Å². The lowest BCUT2D eigenvalue weighted by Gasteiger charge is -2.14. The van der Waals surface area contributed by atoms with Crippen LogP contribution in [0.3, 0.4) is 0 Å². The number of rotatable bonds is 8. The lowest BCUT2D eigenvalue weighted by Crippen LogP contribution is -2.19. The van der Waals surface area contributed by atoms with E-state index in [2.05, 4.69) is 22.0 Å². The van der Waals surface area contributed by atoms with E-state index in [4.69, 9.17) is 19.9 Å². The molecule has 0 amide bonds. The highest BCUT2D eigenvalue weighted by Gasteiger charge is 2.27. The summed E-state index contributed by atoms with van der Waals surface area (Å²) < 4.78 is 13.1. The van der Waals surface area contributed by atoms with Crippen molar-refractivity contribution in [3.05, 3.63) is 60.3 Å². The molecule has 0 unspecified atom stereocenters. The lowest BCUT2D eigenvalue weighted by molar-refractivity contribution is 0.262. The van der Waals surface area contributed by atoms with Gasteiger partial charge in [-0.15, -0.1) is 23.5 Å². The number of likely N-dealkylation sites (N-methyl/N-ethyl adjacent to an activating group) is 1. The summed E-state index contributed by atoms with van der Waals surface area (Å²) in [4.78, 5) is 11.3. The summed E-state index contributed by atoms with van der Waals surface area (Å²) in [5, 5.41) is 0.937. The number of nitrogen functional groups attached to an aromatic ring is 1. The highest BCUT2D eigenvalue weighted by atomic mass is 32.2. The van der Waals surface area contributed by atoms with Crippen molar-refractivity contribution in [2.45, 2.75) is 11.0 Å². The molecular weight excluding hydrogens is 464 g/mol. The number of furan rings is 1. The Kier molecular flexibility index (Phi) is 6.99. The number of thioether (sulfide) groups is 2. The van der Waals surface area contributed by atoms with Gasteiger partial charge in [0.1, 0.15) is 18.1 Å². The fraction of sp³-hybridized carbons (Fsp3) is 0.308. The minimum atomic E-state index is 0.242. The molecular formula is C26H28N4O2S2. The summed E-state index contributed by atoms with van der Waals surface area (Å²) in [6.45, 7) is 1.40. The second-order valence-corrected chi connectivity index (χ2v) is 11.3. The van der Waals surface area contributed by atoms with E-state index in [-0.39, 0.29) is 5.95 Å². The minimum absolute atomic E-state index is 0.242. The third-order valence-corrected chi connectivity index (χ3v) is 8.72. The number of anilines is 1. The van der Waals surface area contributed by atoms with Gasteiger partial charge in [-0.3, -0.25) is 0 Å². The third-order valence-electron chi connectivity index (χ3n) is 5.68. The smallest absolute Gasteiger partial charge is 0.232 e. The van der Waals surface area contributed by atoms with Crippen molar-refractivity contribution in [1.82, 2.24) is 14.9 Å². The number of aromatic nitrogens is 2. The van der Waals surface area contributed by atoms with Crippen molar-refractivity contribution in [3.63, 3.8) is 0 Å². The van der Waals surface area contributed by atoms with Crippen molar-refractivity contribution < 1.29 is 9.15 Å². The number of fused-ring (bicyclic) bond motifs is 1. The zero-order chi connectivity index (χ0) is 23.5. The van der Waals surface area contributed by atoms with Crippen LogP contribution < -0.4 is 10.5 Å². The second kappa shape index (κ2) is 10.3. The molecule has 1 fully saturated rings. The Labute approximate surface area is 208 Å². The number of para-hydroxylation sites is 1. The molecule has 5 rings (SSSR count). The normalized spacial score (nSPS) is 14.3. The number of nitrogens with zero attached hydrogens (tertiary/aromatic N) is 3. The number of hydrogen-bond donors (Lipinski definition) is 1. The summed E-state index contributed by atoms with van der Waals surface area (Å²) in [6.07, 6.45) is 0.818. The van der Waals surface area contributed by atoms with E-state index < -0.39 is 0 Å². The summed E-state index contributed by atoms with van der Waals surface area (Å²) >= 11 is 3.95. The average molecular weight is 493 g/mol. The van der Waals surface area contributed by atoms with Crippen LogP contribution >= 0.6 is 23.5 Å². The number of hydrogen-bond acceptors (Lipinski definition) is 8. The number of ether oxygens (including phenoxy) is 1.